The van der Waals surface area contributed by atoms with Crippen LogP contribution in [0.3, 0.4) is 0 Å². The van der Waals surface area contributed by atoms with Crippen molar-refractivity contribution in [3.05, 3.63) is 47.7 Å². The van der Waals surface area contributed by atoms with Crippen molar-refractivity contribution in [3.8, 4) is 11.3 Å². The Morgan fingerprint density at radius 3 is 2.38 bits per heavy atom. The standard InChI is InChI=1S/C22H18F5N3O4/c1-29(20(32)33)18-9-13-8-14(15(22(25,26)27)10-17(13)34-18)16-3-2-12(11-28-16)19(31)30-6-4-21(23,24)5-7-30/h2-3,8-11H,4-7H2,1H3,(H,32,33). The molecule has 0 saturated carbocycles. The molecule has 1 aliphatic heterocycles. The van der Waals surface area contributed by atoms with Crippen molar-refractivity contribution in [1.29, 1.82) is 0 Å². The summed E-state index contributed by atoms with van der Waals surface area (Å²) in [6, 6.07) is 5.76. The van der Waals surface area contributed by atoms with Crippen molar-refractivity contribution in [2.45, 2.75) is 24.9 Å². The molecule has 2 amide bonds. The van der Waals surface area contributed by atoms with Gasteiger partial charge in [-0.1, -0.05) is 0 Å². The largest absolute Gasteiger partial charge is 0.465 e. The lowest BCUT2D eigenvalue weighted by molar-refractivity contribution is -0.137. The van der Waals surface area contributed by atoms with E-state index in [9.17, 15) is 31.5 Å². The number of piperidine rings is 1. The van der Waals surface area contributed by atoms with Gasteiger partial charge in [-0.25, -0.2) is 13.6 Å². The molecule has 34 heavy (non-hydrogen) atoms. The van der Waals surface area contributed by atoms with Crippen LogP contribution in [0.15, 0.2) is 40.9 Å². The number of carboxylic acid groups (broad SMARTS) is 1. The molecule has 1 aliphatic rings. The van der Waals surface area contributed by atoms with E-state index >= 15 is 0 Å². The van der Waals surface area contributed by atoms with Crippen molar-refractivity contribution < 1.29 is 41.1 Å². The Labute approximate surface area is 189 Å². The highest BCUT2D eigenvalue weighted by Crippen LogP contribution is 2.40. The number of fused-ring (bicyclic) bond motifs is 1. The molecule has 3 aromatic rings. The van der Waals surface area contributed by atoms with Crippen molar-refractivity contribution in [3.63, 3.8) is 0 Å². The Balaban J connectivity index is 1.68. The smallest absolute Gasteiger partial charge is 0.417 e. The number of pyridine rings is 1. The van der Waals surface area contributed by atoms with Crippen LogP contribution in [0.4, 0.5) is 32.6 Å². The maximum Gasteiger partial charge on any atom is 0.417 e. The zero-order valence-electron chi connectivity index (χ0n) is 17.7. The van der Waals surface area contributed by atoms with E-state index in [1.54, 1.807) is 0 Å². The van der Waals surface area contributed by atoms with Gasteiger partial charge in [0.2, 0.25) is 5.88 Å². The maximum absolute atomic E-state index is 13.8. The number of aromatic nitrogens is 1. The molecule has 4 rings (SSSR count). The van der Waals surface area contributed by atoms with E-state index in [2.05, 4.69) is 4.98 Å². The third-order valence-electron chi connectivity index (χ3n) is 5.63. The van der Waals surface area contributed by atoms with Crippen LogP contribution in [0, 0.1) is 0 Å². The molecule has 0 unspecified atom stereocenters. The predicted molar refractivity (Wildman–Crippen MR) is 111 cm³/mol. The van der Waals surface area contributed by atoms with E-state index in [-0.39, 0.29) is 46.8 Å². The molecule has 0 bridgehead atoms. The van der Waals surface area contributed by atoms with Crippen molar-refractivity contribution >= 4 is 28.9 Å². The molecule has 180 valence electrons. The summed E-state index contributed by atoms with van der Waals surface area (Å²) in [5.41, 5.74) is -1.51. The lowest BCUT2D eigenvalue weighted by Gasteiger charge is -2.31. The van der Waals surface area contributed by atoms with Gasteiger partial charge in [0.25, 0.3) is 11.8 Å². The number of carbonyl (C=O) groups is 2. The number of furan rings is 1. The number of likely N-dealkylation sites (tertiary alicyclic amines) is 1. The Morgan fingerprint density at radius 1 is 1.15 bits per heavy atom. The minimum atomic E-state index is -4.77. The highest BCUT2D eigenvalue weighted by molar-refractivity contribution is 5.95. The zero-order valence-corrected chi connectivity index (χ0v) is 17.7. The van der Waals surface area contributed by atoms with Crippen molar-refractivity contribution in [1.82, 2.24) is 9.88 Å². The average Bonchev–Trinajstić information content (AvgIpc) is 3.20. The first-order valence-corrected chi connectivity index (χ1v) is 10.1. The predicted octanol–water partition coefficient (Wildman–Crippen LogP) is 5.50. The Hall–Kier alpha value is -3.70. The van der Waals surface area contributed by atoms with E-state index in [1.165, 1.54) is 36.2 Å². The molecule has 0 spiro atoms. The number of nitrogens with zero attached hydrogens (tertiary/aromatic N) is 3. The Bertz CT molecular complexity index is 1240. The van der Waals surface area contributed by atoms with Crippen LogP contribution in [0.2, 0.25) is 0 Å². The SMILES string of the molecule is CN(C(=O)O)c1cc2cc(-c3ccc(C(=O)N4CCC(F)(F)CC4)cn3)c(C(F)(F)F)cc2o1. The lowest BCUT2D eigenvalue weighted by Crippen LogP contribution is -2.42. The number of anilines is 1. The van der Waals surface area contributed by atoms with E-state index in [4.69, 9.17) is 9.52 Å². The summed E-state index contributed by atoms with van der Waals surface area (Å²) in [6.45, 7) is -0.258. The molecule has 1 saturated heterocycles. The third kappa shape index (κ3) is 4.52. The highest BCUT2D eigenvalue weighted by Gasteiger charge is 2.37. The highest BCUT2D eigenvalue weighted by atomic mass is 19.4. The van der Waals surface area contributed by atoms with E-state index < -0.39 is 42.5 Å². The minimum absolute atomic E-state index is 0.0669. The van der Waals surface area contributed by atoms with Crippen molar-refractivity contribution in [2.75, 3.05) is 25.0 Å². The molecule has 7 nitrogen and oxygen atoms in total. The normalized spacial score (nSPS) is 16.0. The molecule has 1 fully saturated rings. The van der Waals surface area contributed by atoms with Gasteiger partial charge in [0.1, 0.15) is 5.58 Å². The number of amides is 2. The van der Waals surface area contributed by atoms with E-state index in [0.29, 0.717) is 0 Å². The fraction of sp³-hybridized carbons (Fsp3) is 0.318. The van der Waals surface area contributed by atoms with Gasteiger partial charge in [0.05, 0.1) is 16.8 Å². The summed E-state index contributed by atoms with van der Waals surface area (Å²) in [7, 11) is 1.19. The van der Waals surface area contributed by atoms with Gasteiger partial charge >= 0.3 is 12.3 Å². The summed E-state index contributed by atoms with van der Waals surface area (Å²) in [6.07, 6.45) is -5.93. The van der Waals surface area contributed by atoms with Gasteiger partial charge in [0, 0.05) is 56.2 Å². The fourth-order valence-corrected chi connectivity index (χ4v) is 3.68. The number of hydrogen-bond donors (Lipinski definition) is 1. The minimum Gasteiger partial charge on any atom is -0.465 e. The molecule has 12 heteroatoms. The summed E-state index contributed by atoms with van der Waals surface area (Å²) < 4.78 is 73.3. The number of hydrogen-bond acceptors (Lipinski definition) is 4. The molecule has 2 aromatic heterocycles. The molecule has 0 radical (unpaired) electrons. The van der Waals surface area contributed by atoms with Gasteiger partial charge in [-0.15, -0.1) is 0 Å². The second-order valence-electron chi connectivity index (χ2n) is 7.94. The van der Waals surface area contributed by atoms with Crippen LogP contribution in [0.1, 0.15) is 28.8 Å². The van der Waals surface area contributed by atoms with E-state index in [1.807, 2.05) is 0 Å². The van der Waals surface area contributed by atoms with Gasteiger partial charge in [-0.2, -0.15) is 13.2 Å². The molecular formula is C22H18F5N3O4. The van der Waals surface area contributed by atoms with Gasteiger partial charge in [0.15, 0.2) is 0 Å². The molecule has 3 heterocycles. The fourth-order valence-electron chi connectivity index (χ4n) is 3.68. The van der Waals surface area contributed by atoms with Crippen LogP contribution in [0.25, 0.3) is 22.2 Å². The molecular weight excluding hydrogens is 465 g/mol. The van der Waals surface area contributed by atoms with Gasteiger partial charge < -0.3 is 14.4 Å². The maximum atomic E-state index is 13.8. The summed E-state index contributed by atoms with van der Waals surface area (Å²) in [5, 5.41) is 9.30. The van der Waals surface area contributed by atoms with Gasteiger partial charge in [-0.05, 0) is 24.3 Å². The summed E-state index contributed by atoms with van der Waals surface area (Å²) in [4.78, 5) is 29.7. The number of carbonyl (C=O) groups excluding carboxylic acids is 1. The molecule has 0 aliphatic carbocycles. The number of alkyl halides is 5. The third-order valence-corrected chi connectivity index (χ3v) is 5.63. The average molecular weight is 483 g/mol. The monoisotopic (exact) mass is 483 g/mol. The van der Waals surface area contributed by atoms with Crippen LogP contribution in [-0.4, -0.2) is 53.1 Å². The first kappa shape index (κ1) is 23.5. The topological polar surface area (TPSA) is 86.9 Å². The lowest BCUT2D eigenvalue weighted by atomic mass is 10.0. The van der Waals surface area contributed by atoms with Crippen molar-refractivity contribution in [2.24, 2.45) is 0 Å². The van der Waals surface area contributed by atoms with Crippen LogP contribution >= 0.6 is 0 Å². The van der Waals surface area contributed by atoms with Crippen LogP contribution < -0.4 is 4.90 Å². The molecule has 1 N–H and O–H groups in total. The van der Waals surface area contributed by atoms with Crippen LogP contribution in [0.5, 0.6) is 0 Å². The Kier molecular flexibility index (Phi) is 5.70. The first-order valence-electron chi connectivity index (χ1n) is 10.1. The quantitative estimate of drug-likeness (QED) is 0.498. The molecule has 0 atom stereocenters. The summed E-state index contributed by atoms with van der Waals surface area (Å²) >= 11 is 0. The van der Waals surface area contributed by atoms with Gasteiger partial charge in [-0.3, -0.25) is 14.7 Å². The van der Waals surface area contributed by atoms with E-state index in [0.717, 1.165) is 17.2 Å². The molecule has 1 aromatic carbocycles. The summed E-state index contributed by atoms with van der Waals surface area (Å²) in [5.74, 6) is -3.51. The second-order valence-corrected chi connectivity index (χ2v) is 7.94. The number of rotatable bonds is 3. The van der Waals surface area contributed by atoms with Crippen LogP contribution in [-0.2, 0) is 6.18 Å². The first-order chi connectivity index (χ1) is 15.9. The number of benzene rings is 1. The Morgan fingerprint density at radius 2 is 1.82 bits per heavy atom. The second kappa shape index (κ2) is 8.26. The number of halogens is 5. The zero-order chi connectivity index (χ0) is 24.8.